The summed E-state index contributed by atoms with van der Waals surface area (Å²) in [6.45, 7) is 9.31. The van der Waals surface area contributed by atoms with Gasteiger partial charge in [-0.25, -0.2) is 4.79 Å². The van der Waals surface area contributed by atoms with Gasteiger partial charge in [-0.3, -0.25) is 4.79 Å². The largest absolute Gasteiger partial charge is 0.476 e. The molecule has 0 unspecified atom stereocenters. The number of rotatable bonds is 28. The maximum Gasteiger partial charge on any atom is 0.357 e. The van der Waals surface area contributed by atoms with Crippen molar-refractivity contribution in [2.45, 2.75) is 167 Å². The van der Waals surface area contributed by atoms with E-state index >= 15 is 0 Å². The average molecular weight is 1130 g/mol. The lowest BCUT2D eigenvalue weighted by Crippen LogP contribution is -2.26. The van der Waals surface area contributed by atoms with Crippen molar-refractivity contribution in [3.05, 3.63) is 209 Å². The fraction of sp³-hybridized carbons (Fsp3) is 0.338. The van der Waals surface area contributed by atoms with E-state index in [1.807, 2.05) is 30.3 Å². The number of aliphatic carboxylic acids is 1. The highest BCUT2D eigenvalue weighted by Crippen LogP contribution is 2.58. The molecule has 0 saturated carbocycles. The van der Waals surface area contributed by atoms with Gasteiger partial charge in [-0.2, -0.15) is 10.1 Å². The van der Waals surface area contributed by atoms with Crippen molar-refractivity contribution < 1.29 is 14.7 Å². The Morgan fingerprint density at radius 1 is 0.476 bits per heavy atom. The maximum absolute atomic E-state index is 13.5. The molecule has 6 nitrogen and oxygen atoms in total. The van der Waals surface area contributed by atoms with Gasteiger partial charge in [0.1, 0.15) is 0 Å². The van der Waals surface area contributed by atoms with E-state index in [2.05, 4.69) is 159 Å². The summed E-state index contributed by atoms with van der Waals surface area (Å²) in [4.78, 5) is 30.7. The number of hydrazone groups is 1. The number of nitrogens with zero attached hydrogens (tertiary/aromatic N) is 3. The molecule has 7 heteroatoms. The van der Waals surface area contributed by atoms with Crippen molar-refractivity contribution in [2.24, 2.45) is 5.10 Å². The van der Waals surface area contributed by atoms with Gasteiger partial charge in [0.15, 0.2) is 5.71 Å². The van der Waals surface area contributed by atoms with E-state index in [0.717, 1.165) is 32.3 Å². The molecule has 7 aromatic carbocycles. The van der Waals surface area contributed by atoms with Gasteiger partial charge in [-0.1, -0.05) is 246 Å². The van der Waals surface area contributed by atoms with Gasteiger partial charge in [0, 0.05) is 37.6 Å². The second-order valence-electron chi connectivity index (χ2n) is 23.9. The summed E-state index contributed by atoms with van der Waals surface area (Å²) in [6.07, 6.45) is 26.3. The van der Waals surface area contributed by atoms with Crippen LogP contribution in [0.25, 0.3) is 49.2 Å². The standard InChI is InChI=1S/C77H83N3O3S/c1-5-9-13-24-48-76(49-25-14-10-6-2)67-32-22-20-30-62(67)64-44-42-60(53-69(64)76)79(61-43-45-65-63-31-21-23-33-68(63)77(70(65)54-61,50-26-15-11-7-3)51-27-16-12-8-4)58-40-38-57(39-41-58)72-47-46-71(84-72)56-36-34-55(35-37-56)52-66-73(75(82)83)78-80(74(66)81)59-28-18-17-19-29-59/h17-23,28-47,52-54H,5-16,24-27,48-51H2,1-4H3,(H,82,83). The van der Waals surface area contributed by atoms with Crippen LogP contribution in [0.4, 0.5) is 22.7 Å². The zero-order valence-electron chi connectivity index (χ0n) is 50.0. The second-order valence-corrected chi connectivity index (χ2v) is 25.0. The number of benzene rings is 7. The Morgan fingerprint density at radius 3 is 1.35 bits per heavy atom. The summed E-state index contributed by atoms with van der Waals surface area (Å²) >= 11 is 1.75. The molecule has 0 fully saturated rings. The summed E-state index contributed by atoms with van der Waals surface area (Å²) in [5.41, 5.74) is 18.4. The molecule has 1 aliphatic heterocycles. The lowest BCUT2D eigenvalue weighted by Gasteiger charge is -2.35. The number of hydrogen-bond acceptors (Lipinski definition) is 5. The highest BCUT2D eigenvalue weighted by Gasteiger charge is 2.45. The molecule has 2 aliphatic carbocycles. The Bertz CT molecular complexity index is 3490. The minimum absolute atomic E-state index is 0.0444. The summed E-state index contributed by atoms with van der Waals surface area (Å²) in [5, 5.41) is 15.4. The molecule has 84 heavy (non-hydrogen) atoms. The molecule has 11 rings (SSSR count). The van der Waals surface area contributed by atoms with E-state index in [0.29, 0.717) is 5.69 Å². The number of para-hydroxylation sites is 1. The number of carbonyl (C=O) groups excluding carboxylic acids is 1. The SMILES string of the molecule is CCCCCCC1(CCCCCC)c2ccccc2-c2ccc(N(c3ccc(-c4ccc(-c5ccc(C=C6C(=O)N(c7ccccc7)N=C6C(=O)O)cc5)s4)cc3)c3ccc4c(c3)C(CCCCCC)(CCCCCC)c3ccccc3-4)cc21. The molecule has 3 aliphatic rings. The zero-order chi connectivity index (χ0) is 58.0. The molecule has 0 bridgehead atoms. The Balaban J connectivity index is 0.972. The van der Waals surface area contributed by atoms with E-state index in [9.17, 15) is 14.7 Å². The van der Waals surface area contributed by atoms with Crippen LogP contribution in [0.3, 0.4) is 0 Å². The molecule has 1 aromatic heterocycles. The summed E-state index contributed by atoms with van der Waals surface area (Å²) in [5.74, 6) is -1.71. The molecule has 1 N–H and O–H groups in total. The molecule has 8 aromatic rings. The molecule has 0 radical (unpaired) electrons. The van der Waals surface area contributed by atoms with Gasteiger partial charge in [0.2, 0.25) is 0 Å². The topological polar surface area (TPSA) is 73.2 Å². The number of fused-ring (bicyclic) bond motifs is 6. The third-order valence-electron chi connectivity index (χ3n) is 18.5. The number of hydrogen-bond donors (Lipinski definition) is 1. The Labute approximate surface area is 504 Å². The molecular weight excluding hydrogens is 1050 g/mol. The molecule has 0 saturated heterocycles. The fourth-order valence-electron chi connectivity index (χ4n) is 14.1. The maximum atomic E-state index is 13.5. The smallest absolute Gasteiger partial charge is 0.357 e. The number of thiophene rings is 1. The van der Waals surface area contributed by atoms with Gasteiger partial charge in [-0.05, 0) is 154 Å². The minimum Gasteiger partial charge on any atom is -0.476 e. The predicted molar refractivity (Wildman–Crippen MR) is 354 cm³/mol. The van der Waals surface area contributed by atoms with Crippen LogP contribution in [0.1, 0.15) is 184 Å². The van der Waals surface area contributed by atoms with E-state index in [4.69, 9.17) is 0 Å². The van der Waals surface area contributed by atoms with Gasteiger partial charge in [0.05, 0.1) is 11.3 Å². The molecule has 0 atom stereocenters. The monoisotopic (exact) mass is 1130 g/mol. The van der Waals surface area contributed by atoms with E-state index in [1.165, 1.54) is 189 Å². The van der Waals surface area contributed by atoms with Crippen LogP contribution in [-0.4, -0.2) is 22.7 Å². The van der Waals surface area contributed by atoms with Gasteiger partial charge >= 0.3 is 5.97 Å². The van der Waals surface area contributed by atoms with Crippen LogP contribution in [0.5, 0.6) is 0 Å². The first kappa shape index (κ1) is 58.2. The van der Waals surface area contributed by atoms with Crippen molar-refractivity contribution >= 4 is 57.8 Å². The highest BCUT2D eigenvalue weighted by molar-refractivity contribution is 7.18. The van der Waals surface area contributed by atoms with Crippen LogP contribution in [0.15, 0.2) is 187 Å². The lowest BCUT2D eigenvalue weighted by molar-refractivity contribution is -0.129. The first-order chi connectivity index (χ1) is 41.2. The number of anilines is 4. The predicted octanol–water partition coefficient (Wildman–Crippen LogP) is 21.8. The van der Waals surface area contributed by atoms with Crippen LogP contribution >= 0.6 is 11.3 Å². The zero-order valence-corrected chi connectivity index (χ0v) is 50.8. The number of carboxylic acid groups (broad SMARTS) is 1. The second kappa shape index (κ2) is 26.5. The quantitative estimate of drug-likeness (QED) is 0.0392. The number of carboxylic acids is 1. The first-order valence-electron chi connectivity index (χ1n) is 31.7. The minimum atomic E-state index is -1.24. The molecule has 1 amide bonds. The van der Waals surface area contributed by atoms with Crippen molar-refractivity contribution in [1.82, 2.24) is 0 Å². The molecule has 430 valence electrons. The van der Waals surface area contributed by atoms with Crippen LogP contribution in [0, 0.1) is 0 Å². The van der Waals surface area contributed by atoms with Gasteiger partial charge in [-0.15, -0.1) is 11.3 Å². The summed E-state index contributed by atoms with van der Waals surface area (Å²) in [7, 11) is 0. The number of unbranched alkanes of at least 4 members (excludes halogenated alkanes) is 12. The van der Waals surface area contributed by atoms with Crippen LogP contribution < -0.4 is 9.91 Å². The van der Waals surface area contributed by atoms with Crippen molar-refractivity contribution in [2.75, 3.05) is 9.91 Å². The van der Waals surface area contributed by atoms with Crippen LogP contribution in [-0.2, 0) is 20.4 Å². The third kappa shape index (κ3) is 11.7. The van der Waals surface area contributed by atoms with E-state index in [1.54, 1.807) is 41.7 Å². The van der Waals surface area contributed by atoms with Crippen LogP contribution in [0.2, 0.25) is 0 Å². The highest BCUT2D eigenvalue weighted by atomic mass is 32.1. The number of amides is 1. The summed E-state index contributed by atoms with van der Waals surface area (Å²) < 4.78 is 0. The third-order valence-corrected chi connectivity index (χ3v) is 19.6. The van der Waals surface area contributed by atoms with E-state index < -0.39 is 11.9 Å². The molecule has 0 spiro atoms. The first-order valence-corrected chi connectivity index (χ1v) is 32.6. The van der Waals surface area contributed by atoms with Gasteiger partial charge < -0.3 is 10.0 Å². The number of carbonyl (C=O) groups is 2. The Hall–Kier alpha value is -7.61. The van der Waals surface area contributed by atoms with Crippen molar-refractivity contribution in [1.29, 1.82) is 0 Å². The average Bonchev–Trinajstić information content (AvgIpc) is 2.81. The van der Waals surface area contributed by atoms with E-state index in [-0.39, 0.29) is 22.1 Å². The molecule has 2 heterocycles. The Kier molecular flexibility index (Phi) is 18.4. The summed E-state index contributed by atoms with van der Waals surface area (Å²) in [6, 6.07) is 64.3. The molecular formula is C77H83N3O3S. The van der Waals surface area contributed by atoms with Gasteiger partial charge in [0.25, 0.3) is 5.91 Å². The Morgan fingerprint density at radius 2 is 0.893 bits per heavy atom. The van der Waals surface area contributed by atoms with Crippen molar-refractivity contribution in [3.63, 3.8) is 0 Å². The lowest BCUT2D eigenvalue weighted by atomic mass is 9.70. The normalized spacial score (nSPS) is 14.8. The van der Waals surface area contributed by atoms with Crippen molar-refractivity contribution in [3.8, 4) is 43.1 Å². The fourth-order valence-corrected chi connectivity index (χ4v) is 15.2.